The third kappa shape index (κ3) is 3.66. The standard InChI is InChI=1S/C22H17ClF4N4O3S/c1-4-35(32)20-17(29-18(31(20)3)11-6-5-7-12(23)8-11)19-28-13-9-15-16(10-14(13)30(19)2)34-22(26,27)21(24,25)33-15/h5-10H,4H2,1-3H3. The molecule has 1 aliphatic heterocycles. The van der Waals surface area contributed by atoms with Gasteiger partial charge >= 0.3 is 12.2 Å². The summed E-state index contributed by atoms with van der Waals surface area (Å²) in [5.74, 6) is -0.0961. The smallest absolute Gasteiger partial charge is 0.421 e. The molecule has 7 nitrogen and oxygen atoms in total. The summed E-state index contributed by atoms with van der Waals surface area (Å²) in [7, 11) is 1.85. The van der Waals surface area contributed by atoms with E-state index in [1.807, 2.05) is 0 Å². The number of hydrogen-bond donors (Lipinski definition) is 0. The van der Waals surface area contributed by atoms with Crippen LogP contribution in [-0.2, 0) is 24.9 Å². The topological polar surface area (TPSA) is 71.2 Å². The number of hydrogen-bond acceptors (Lipinski definition) is 5. The number of imidazole rings is 2. The van der Waals surface area contributed by atoms with Gasteiger partial charge in [-0.3, -0.25) is 4.21 Å². The van der Waals surface area contributed by atoms with Crippen LogP contribution in [0.4, 0.5) is 17.6 Å². The Hall–Kier alpha value is -3.12. The third-order valence-corrected chi connectivity index (χ3v) is 7.23. The number of aryl methyl sites for hydroxylation is 1. The first kappa shape index (κ1) is 23.6. The number of alkyl halides is 4. The van der Waals surface area contributed by atoms with Crippen LogP contribution >= 0.6 is 11.6 Å². The van der Waals surface area contributed by atoms with Crippen molar-refractivity contribution in [2.45, 2.75) is 24.2 Å². The molecule has 0 saturated heterocycles. The van der Waals surface area contributed by atoms with Crippen LogP contribution in [0.3, 0.4) is 0 Å². The van der Waals surface area contributed by atoms with Crippen LogP contribution in [0.15, 0.2) is 41.4 Å². The minimum absolute atomic E-state index is 0.175. The molecule has 0 saturated carbocycles. The first-order valence-corrected chi connectivity index (χ1v) is 12.0. The summed E-state index contributed by atoms with van der Waals surface area (Å²) in [6.45, 7) is 1.75. The Morgan fingerprint density at radius 1 is 0.971 bits per heavy atom. The van der Waals surface area contributed by atoms with Crippen molar-refractivity contribution >= 4 is 33.4 Å². The van der Waals surface area contributed by atoms with Gasteiger partial charge in [0.2, 0.25) is 0 Å². The van der Waals surface area contributed by atoms with E-state index in [0.29, 0.717) is 32.7 Å². The van der Waals surface area contributed by atoms with E-state index in [1.165, 1.54) is 4.57 Å². The van der Waals surface area contributed by atoms with Crippen molar-refractivity contribution in [2.24, 2.45) is 14.1 Å². The van der Waals surface area contributed by atoms with Crippen LogP contribution in [0.2, 0.25) is 5.02 Å². The van der Waals surface area contributed by atoms with Crippen molar-refractivity contribution in [2.75, 3.05) is 5.75 Å². The molecule has 0 amide bonds. The molecular formula is C22H17ClF4N4O3S. The summed E-state index contributed by atoms with van der Waals surface area (Å²) in [6.07, 6.45) is -9.68. The molecule has 184 valence electrons. The normalized spacial score (nSPS) is 17.0. The van der Waals surface area contributed by atoms with Crippen LogP contribution in [0, 0.1) is 0 Å². The van der Waals surface area contributed by atoms with E-state index in [9.17, 15) is 21.8 Å². The molecule has 4 aromatic rings. The van der Waals surface area contributed by atoms with Crippen LogP contribution in [0.5, 0.6) is 11.5 Å². The summed E-state index contributed by atoms with van der Waals surface area (Å²) in [6, 6.07) is 9.22. The quantitative estimate of drug-likeness (QED) is 0.333. The fourth-order valence-electron chi connectivity index (χ4n) is 3.88. The second-order valence-corrected chi connectivity index (χ2v) is 9.90. The number of benzene rings is 2. The van der Waals surface area contributed by atoms with Crippen molar-refractivity contribution in [3.8, 4) is 34.4 Å². The molecule has 0 bridgehead atoms. The van der Waals surface area contributed by atoms with Crippen LogP contribution in [-0.4, -0.2) is 41.3 Å². The lowest BCUT2D eigenvalue weighted by Gasteiger charge is -2.31. The van der Waals surface area contributed by atoms with Crippen molar-refractivity contribution in [3.05, 3.63) is 41.4 Å². The molecule has 5 rings (SSSR count). The maximum absolute atomic E-state index is 13.7. The zero-order valence-corrected chi connectivity index (χ0v) is 20.1. The summed E-state index contributed by atoms with van der Waals surface area (Å²) >= 11 is 6.14. The Bertz CT molecular complexity index is 1520. The Morgan fingerprint density at radius 2 is 1.63 bits per heavy atom. The first-order chi connectivity index (χ1) is 16.4. The molecule has 2 aromatic heterocycles. The van der Waals surface area contributed by atoms with Crippen LogP contribution in [0.1, 0.15) is 6.92 Å². The van der Waals surface area contributed by atoms with E-state index < -0.39 is 34.5 Å². The third-order valence-electron chi connectivity index (χ3n) is 5.58. The van der Waals surface area contributed by atoms with Gasteiger partial charge in [0.05, 0.1) is 21.8 Å². The van der Waals surface area contributed by atoms with Crippen LogP contribution < -0.4 is 9.47 Å². The van der Waals surface area contributed by atoms with Crippen molar-refractivity contribution in [1.82, 2.24) is 19.1 Å². The van der Waals surface area contributed by atoms with Crippen molar-refractivity contribution in [3.63, 3.8) is 0 Å². The molecule has 0 spiro atoms. The Morgan fingerprint density at radius 3 is 2.26 bits per heavy atom. The highest BCUT2D eigenvalue weighted by Gasteiger charge is 2.66. The summed E-state index contributed by atoms with van der Waals surface area (Å²) < 4.78 is 79.3. The molecule has 2 aromatic carbocycles. The summed E-state index contributed by atoms with van der Waals surface area (Å²) in [4.78, 5) is 9.16. The highest BCUT2D eigenvalue weighted by Crippen LogP contribution is 2.48. The summed E-state index contributed by atoms with van der Waals surface area (Å²) in [5, 5.41) is 0.878. The molecular weight excluding hydrogens is 512 g/mol. The zero-order chi connectivity index (χ0) is 25.3. The van der Waals surface area contributed by atoms with Gasteiger partial charge in [-0.1, -0.05) is 30.7 Å². The molecule has 1 atom stereocenters. The predicted octanol–water partition coefficient (Wildman–Crippen LogP) is 5.38. The first-order valence-electron chi connectivity index (χ1n) is 10.3. The monoisotopic (exact) mass is 528 g/mol. The Balaban J connectivity index is 1.71. The molecule has 3 heterocycles. The molecule has 0 N–H and O–H groups in total. The number of rotatable bonds is 4. The number of ether oxygens (including phenoxy) is 2. The van der Waals surface area contributed by atoms with Gasteiger partial charge in [0.1, 0.15) is 16.5 Å². The largest absolute Gasteiger partial charge is 0.507 e. The Labute approximate surface area is 203 Å². The van der Waals surface area contributed by atoms with Gasteiger partial charge < -0.3 is 18.6 Å². The fraction of sp³-hybridized carbons (Fsp3) is 0.273. The van der Waals surface area contributed by atoms with Gasteiger partial charge in [-0.15, -0.1) is 0 Å². The Kier molecular flexibility index (Phi) is 5.37. The molecule has 0 fully saturated rings. The maximum atomic E-state index is 13.7. The van der Waals surface area contributed by atoms with Gasteiger partial charge in [-0.05, 0) is 12.1 Å². The number of nitrogens with zero attached hydrogens (tertiary/aromatic N) is 4. The minimum Gasteiger partial charge on any atom is -0.421 e. The molecule has 0 radical (unpaired) electrons. The van der Waals surface area contributed by atoms with E-state index in [-0.39, 0.29) is 17.0 Å². The lowest BCUT2D eigenvalue weighted by molar-refractivity contribution is -0.391. The molecule has 1 unspecified atom stereocenters. The molecule has 35 heavy (non-hydrogen) atoms. The van der Waals surface area contributed by atoms with E-state index in [1.54, 1.807) is 49.9 Å². The highest BCUT2D eigenvalue weighted by molar-refractivity contribution is 7.85. The minimum atomic E-state index is -4.84. The van der Waals surface area contributed by atoms with E-state index in [2.05, 4.69) is 19.4 Å². The molecule has 0 aliphatic carbocycles. The predicted molar refractivity (Wildman–Crippen MR) is 121 cm³/mol. The highest BCUT2D eigenvalue weighted by atomic mass is 35.5. The lowest BCUT2D eigenvalue weighted by atomic mass is 10.2. The van der Waals surface area contributed by atoms with E-state index in [0.717, 1.165) is 12.1 Å². The average molecular weight is 529 g/mol. The average Bonchev–Trinajstić information content (AvgIpc) is 3.29. The summed E-state index contributed by atoms with van der Waals surface area (Å²) in [5.41, 5.74) is 1.44. The second kappa shape index (κ2) is 7.95. The van der Waals surface area contributed by atoms with Crippen molar-refractivity contribution < 1.29 is 31.2 Å². The number of fused-ring (bicyclic) bond motifs is 2. The fourth-order valence-corrected chi connectivity index (χ4v) is 5.09. The van der Waals surface area contributed by atoms with E-state index in [4.69, 9.17) is 11.6 Å². The number of halogens is 5. The van der Waals surface area contributed by atoms with Crippen LogP contribution in [0.25, 0.3) is 33.9 Å². The van der Waals surface area contributed by atoms with Crippen molar-refractivity contribution in [1.29, 1.82) is 0 Å². The van der Waals surface area contributed by atoms with Gasteiger partial charge in [0.15, 0.2) is 17.3 Å². The zero-order valence-electron chi connectivity index (χ0n) is 18.5. The van der Waals surface area contributed by atoms with Gasteiger partial charge in [-0.2, -0.15) is 17.6 Å². The van der Waals surface area contributed by atoms with Gasteiger partial charge in [-0.25, -0.2) is 9.97 Å². The van der Waals surface area contributed by atoms with Gasteiger partial charge in [0.25, 0.3) is 0 Å². The number of aromatic nitrogens is 4. The maximum Gasteiger partial charge on any atom is 0.507 e. The SMILES string of the molecule is CCS(=O)c1c(-c2nc3cc4c(cc3n2C)OC(F)(F)C(F)(F)O4)nc(-c2cccc(Cl)c2)n1C. The molecule has 13 heteroatoms. The van der Waals surface area contributed by atoms with Gasteiger partial charge in [0, 0.05) is 42.6 Å². The molecule has 1 aliphatic rings. The van der Waals surface area contributed by atoms with E-state index >= 15 is 0 Å². The second-order valence-electron chi connectivity index (χ2n) is 7.81. The lowest BCUT2D eigenvalue weighted by Crippen LogP contribution is -2.52.